The van der Waals surface area contributed by atoms with E-state index < -0.39 is 0 Å². The van der Waals surface area contributed by atoms with Crippen LogP contribution >= 0.6 is 11.3 Å². The number of carbonyl (C=O) groups is 1. The van der Waals surface area contributed by atoms with Gasteiger partial charge >= 0.3 is 5.97 Å². The predicted molar refractivity (Wildman–Crippen MR) is 75.6 cm³/mol. The summed E-state index contributed by atoms with van der Waals surface area (Å²) in [6.45, 7) is 10.3. The van der Waals surface area contributed by atoms with Gasteiger partial charge in [0.1, 0.15) is 0 Å². The Labute approximate surface area is 113 Å². The maximum atomic E-state index is 11.7. The number of aromatic nitrogens is 1. The van der Waals surface area contributed by atoms with Crippen molar-refractivity contribution in [2.24, 2.45) is 0 Å². The molecule has 102 valence electrons. The maximum absolute atomic E-state index is 11.7. The van der Waals surface area contributed by atoms with Crippen LogP contribution < -0.4 is 4.90 Å². The van der Waals surface area contributed by atoms with E-state index in [9.17, 15) is 4.79 Å². The molecule has 0 unspecified atom stereocenters. The number of anilines is 1. The number of ether oxygens (including phenoxy) is 1. The van der Waals surface area contributed by atoms with E-state index in [1.165, 1.54) is 0 Å². The van der Waals surface area contributed by atoms with Gasteiger partial charge in [-0.05, 0) is 27.2 Å². The molecule has 5 heteroatoms. The van der Waals surface area contributed by atoms with Gasteiger partial charge in [-0.15, -0.1) is 11.3 Å². The Kier molecular flexibility index (Phi) is 6.12. The van der Waals surface area contributed by atoms with Crippen LogP contribution in [0.15, 0.2) is 0 Å². The van der Waals surface area contributed by atoms with Crippen molar-refractivity contribution in [3.8, 4) is 0 Å². The summed E-state index contributed by atoms with van der Waals surface area (Å²) in [7, 11) is 0. The minimum Gasteiger partial charge on any atom is -0.461 e. The Morgan fingerprint density at radius 3 is 2.67 bits per heavy atom. The summed E-state index contributed by atoms with van der Waals surface area (Å²) >= 11 is 1.57. The van der Waals surface area contributed by atoms with Crippen molar-refractivity contribution in [3.05, 3.63) is 10.6 Å². The fraction of sp³-hybridized carbons (Fsp3) is 0.692. The summed E-state index contributed by atoms with van der Waals surface area (Å²) in [5, 5.41) is 0.923. The van der Waals surface area contributed by atoms with Crippen LogP contribution in [0.3, 0.4) is 0 Å². The van der Waals surface area contributed by atoms with E-state index in [-0.39, 0.29) is 5.97 Å². The van der Waals surface area contributed by atoms with E-state index in [0.717, 1.165) is 35.9 Å². The Bertz CT molecular complexity index is 390. The fourth-order valence-corrected chi connectivity index (χ4v) is 2.63. The van der Waals surface area contributed by atoms with Crippen LogP contribution in [-0.4, -0.2) is 30.6 Å². The van der Waals surface area contributed by atoms with Crippen molar-refractivity contribution in [3.63, 3.8) is 0 Å². The van der Waals surface area contributed by atoms with Crippen LogP contribution in [0, 0.1) is 6.92 Å². The molecule has 0 aliphatic carbocycles. The highest BCUT2D eigenvalue weighted by Crippen LogP contribution is 2.26. The van der Waals surface area contributed by atoms with Crippen LogP contribution in [0.5, 0.6) is 0 Å². The highest BCUT2D eigenvalue weighted by molar-refractivity contribution is 7.15. The zero-order valence-electron chi connectivity index (χ0n) is 11.7. The zero-order chi connectivity index (χ0) is 13.5. The van der Waals surface area contributed by atoms with Crippen molar-refractivity contribution < 1.29 is 9.53 Å². The number of unbranched alkanes of at least 4 members (excludes halogenated alkanes) is 1. The lowest BCUT2D eigenvalue weighted by Gasteiger charge is -2.18. The van der Waals surface area contributed by atoms with Crippen molar-refractivity contribution in [2.75, 3.05) is 24.6 Å². The normalized spacial score (nSPS) is 10.4. The highest BCUT2D eigenvalue weighted by Gasteiger charge is 2.18. The first-order valence-corrected chi connectivity index (χ1v) is 7.35. The molecule has 1 rings (SSSR count). The smallest absolute Gasteiger partial charge is 0.358 e. The van der Waals surface area contributed by atoms with E-state index in [1.807, 2.05) is 6.92 Å². The van der Waals surface area contributed by atoms with Gasteiger partial charge in [-0.2, -0.15) is 0 Å². The lowest BCUT2D eigenvalue weighted by molar-refractivity contribution is 0.0519. The second-order valence-electron chi connectivity index (χ2n) is 4.05. The van der Waals surface area contributed by atoms with Crippen LogP contribution in [0.25, 0.3) is 0 Å². The SMILES string of the molecule is CCCCN(CC)c1nc(C(=O)OCC)c(C)s1. The summed E-state index contributed by atoms with van der Waals surface area (Å²) in [4.78, 5) is 19.3. The Morgan fingerprint density at radius 2 is 2.11 bits per heavy atom. The van der Waals surface area contributed by atoms with E-state index in [4.69, 9.17) is 4.74 Å². The maximum Gasteiger partial charge on any atom is 0.358 e. The number of carbonyl (C=O) groups excluding carboxylic acids is 1. The number of esters is 1. The van der Waals surface area contributed by atoms with Gasteiger partial charge in [-0.25, -0.2) is 9.78 Å². The second kappa shape index (κ2) is 7.36. The van der Waals surface area contributed by atoms with Crippen molar-refractivity contribution in [1.29, 1.82) is 0 Å². The largest absolute Gasteiger partial charge is 0.461 e. The Morgan fingerprint density at radius 1 is 1.39 bits per heavy atom. The van der Waals surface area contributed by atoms with Gasteiger partial charge in [-0.1, -0.05) is 13.3 Å². The van der Waals surface area contributed by atoms with Crippen LogP contribution in [-0.2, 0) is 4.74 Å². The molecule has 1 heterocycles. The molecule has 0 saturated heterocycles. The molecule has 0 fully saturated rings. The van der Waals surface area contributed by atoms with Gasteiger partial charge in [0, 0.05) is 18.0 Å². The second-order valence-corrected chi connectivity index (χ2v) is 5.24. The molecular formula is C13H22N2O2S. The number of hydrogen-bond donors (Lipinski definition) is 0. The molecule has 0 aliphatic heterocycles. The lowest BCUT2D eigenvalue weighted by Crippen LogP contribution is -2.23. The predicted octanol–water partition coefficient (Wildman–Crippen LogP) is 3.25. The Balaban J connectivity index is 2.84. The summed E-state index contributed by atoms with van der Waals surface area (Å²) in [6.07, 6.45) is 2.30. The molecule has 1 aromatic heterocycles. The van der Waals surface area contributed by atoms with Gasteiger partial charge in [-0.3, -0.25) is 0 Å². The zero-order valence-corrected chi connectivity index (χ0v) is 12.5. The fourth-order valence-electron chi connectivity index (χ4n) is 1.64. The molecule has 0 aromatic carbocycles. The first kappa shape index (κ1) is 15.0. The van der Waals surface area contributed by atoms with Crippen LogP contribution in [0.1, 0.15) is 49.0 Å². The van der Waals surface area contributed by atoms with Gasteiger partial charge < -0.3 is 9.64 Å². The molecule has 4 nitrogen and oxygen atoms in total. The third-order valence-corrected chi connectivity index (χ3v) is 3.72. The molecule has 18 heavy (non-hydrogen) atoms. The third kappa shape index (κ3) is 3.70. The monoisotopic (exact) mass is 270 g/mol. The Hall–Kier alpha value is -1.10. The molecule has 0 aliphatic rings. The summed E-state index contributed by atoms with van der Waals surface area (Å²) in [5.41, 5.74) is 0.465. The molecular weight excluding hydrogens is 248 g/mol. The molecule has 0 amide bonds. The molecule has 0 saturated carbocycles. The van der Waals surface area contributed by atoms with Crippen molar-refractivity contribution in [1.82, 2.24) is 4.98 Å². The van der Waals surface area contributed by atoms with Gasteiger partial charge in [0.25, 0.3) is 0 Å². The first-order valence-electron chi connectivity index (χ1n) is 6.53. The highest BCUT2D eigenvalue weighted by atomic mass is 32.1. The summed E-state index contributed by atoms with van der Waals surface area (Å²) < 4.78 is 5.00. The van der Waals surface area contributed by atoms with Gasteiger partial charge in [0.15, 0.2) is 10.8 Å². The molecule has 0 radical (unpaired) electrons. The number of hydrogen-bond acceptors (Lipinski definition) is 5. The standard InChI is InChI=1S/C13H22N2O2S/c1-5-8-9-15(6-2)13-14-11(10(4)18-13)12(16)17-7-3/h5-9H2,1-4H3. The average molecular weight is 270 g/mol. The lowest BCUT2D eigenvalue weighted by atomic mass is 10.3. The minimum atomic E-state index is -0.316. The van der Waals surface area contributed by atoms with E-state index in [0.29, 0.717) is 12.3 Å². The molecule has 0 spiro atoms. The molecule has 0 bridgehead atoms. The number of rotatable bonds is 7. The third-order valence-electron chi connectivity index (χ3n) is 2.69. The number of nitrogens with zero attached hydrogens (tertiary/aromatic N) is 2. The quantitative estimate of drug-likeness (QED) is 0.713. The van der Waals surface area contributed by atoms with Gasteiger partial charge in [0.05, 0.1) is 6.61 Å². The summed E-state index contributed by atoms with van der Waals surface area (Å²) in [6, 6.07) is 0. The number of thiazole rings is 1. The minimum absolute atomic E-state index is 0.316. The summed E-state index contributed by atoms with van der Waals surface area (Å²) in [5.74, 6) is -0.316. The van der Waals surface area contributed by atoms with E-state index >= 15 is 0 Å². The van der Waals surface area contributed by atoms with Crippen molar-refractivity contribution in [2.45, 2.75) is 40.5 Å². The van der Waals surface area contributed by atoms with Crippen molar-refractivity contribution >= 4 is 22.4 Å². The first-order chi connectivity index (χ1) is 8.63. The van der Waals surface area contributed by atoms with Gasteiger partial charge in [0.2, 0.25) is 0 Å². The molecule has 1 aromatic rings. The topological polar surface area (TPSA) is 42.4 Å². The average Bonchev–Trinajstić information content (AvgIpc) is 2.73. The van der Waals surface area contributed by atoms with E-state index in [2.05, 4.69) is 23.7 Å². The van der Waals surface area contributed by atoms with Crippen LogP contribution in [0.4, 0.5) is 5.13 Å². The number of aryl methyl sites for hydroxylation is 1. The van der Waals surface area contributed by atoms with Crippen LogP contribution in [0.2, 0.25) is 0 Å². The molecule has 0 N–H and O–H groups in total. The molecule has 0 atom stereocenters. The van der Waals surface area contributed by atoms with E-state index in [1.54, 1.807) is 18.3 Å².